The van der Waals surface area contributed by atoms with Gasteiger partial charge >= 0.3 is 0 Å². The van der Waals surface area contributed by atoms with Gasteiger partial charge in [0, 0.05) is 24.9 Å². The van der Waals surface area contributed by atoms with Crippen molar-refractivity contribution < 1.29 is 14.5 Å². The van der Waals surface area contributed by atoms with Gasteiger partial charge in [-0.1, -0.05) is 0 Å². The smallest absolute Gasteiger partial charge is 0.292 e. The molecule has 21 heavy (non-hydrogen) atoms. The van der Waals surface area contributed by atoms with E-state index in [0.29, 0.717) is 23.5 Å². The number of nitro groups is 1. The third-order valence-electron chi connectivity index (χ3n) is 4.00. The van der Waals surface area contributed by atoms with Crippen LogP contribution >= 0.6 is 0 Å². The Hall–Kier alpha value is -2.15. The van der Waals surface area contributed by atoms with Crippen molar-refractivity contribution in [1.29, 1.82) is 0 Å². The molecule has 0 saturated carbocycles. The van der Waals surface area contributed by atoms with Gasteiger partial charge in [-0.25, -0.2) is 0 Å². The Balaban J connectivity index is 1.85. The van der Waals surface area contributed by atoms with Crippen molar-refractivity contribution in [3.05, 3.63) is 27.8 Å². The molecule has 0 aliphatic carbocycles. The van der Waals surface area contributed by atoms with E-state index < -0.39 is 4.92 Å². The standard InChI is InChI=1S/C14H17N3O4/c1-14(3-2-4-21-14)8-15-11-7-10-9(6-13(18)16-10)5-12(11)17(19)20/h5,7,15H,2-4,6,8H2,1H3,(H,16,18). The van der Waals surface area contributed by atoms with Gasteiger partial charge in [0.1, 0.15) is 5.69 Å². The number of nitro benzene ring substituents is 1. The second-order valence-corrected chi connectivity index (χ2v) is 5.76. The molecule has 112 valence electrons. The maximum absolute atomic E-state index is 11.4. The Morgan fingerprint density at radius 2 is 2.33 bits per heavy atom. The van der Waals surface area contributed by atoms with E-state index in [2.05, 4.69) is 10.6 Å². The Morgan fingerprint density at radius 3 is 3.00 bits per heavy atom. The van der Waals surface area contributed by atoms with E-state index in [9.17, 15) is 14.9 Å². The molecule has 3 rings (SSSR count). The summed E-state index contributed by atoms with van der Waals surface area (Å²) in [5.74, 6) is -0.137. The highest BCUT2D eigenvalue weighted by molar-refractivity contribution is 6.00. The van der Waals surface area contributed by atoms with Crippen molar-refractivity contribution in [2.45, 2.75) is 31.8 Å². The molecule has 1 fully saturated rings. The third kappa shape index (κ3) is 2.69. The number of hydrogen-bond donors (Lipinski definition) is 2. The van der Waals surface area contributed by atoms with Crippen LogP contribution in [0.5, 0.6) is 0 Å². The first-order valence-corrected chi connectivity index (χ1v) is 6.96. The van der Waals surface area contributed by atoms with E-state index in [1.165, 1.54) is 6.07 Å². The van der Waals surface area contributed by atoms with Crippen molar-refractivity contribution in [2.75, 3.05) is 23.8 Å². The maximum atomic E-state index is 11.4. The lowest BCUT2D eigenvalue weighted by Crippen LogP contribution is -2.32. The Bertz CT molecular complexity index is 608. The molecule has 1 atom stereocenters. The van der Waals surface area contributed by atoms with E-state index in [1.807, 2.05) is 6.92 Å². The summed E-state index contributed by atoms with van der Waals surface area (Å²) in [7, 11) is 0. The zero-order valence-electron chi connectivity index (χ0n) is 11.8. The summed E-state index contributed by atoms with van der Waals surface area (Å²) in [6.07, 6.45) is 2.12. The number of carbonyl (C=O) groups is 1. The number of anilines is 2. The molecule has 0 bridgehead atoms. The largest absolute Gasteiger partial charge is 0.377 e. The lowest BCUT2D eigenvalue weighted by molar-refractivity contribution is -0.384. The minimum Gasteiger partial charge on any atom is -0.377 e. The number of nitrogens with one attached hydrogen (secondary N) is 2. The fourth-order valence-electron chi connectivity index (χ4n) is 2.81. The van der Waals surface area contributed by atoms with Crippen molar-refractivity contribution in [1.82, 2.24) is 0 Å². The molecular weight excluding hydrogens is 274 g/mol. The van der Waals surface area contributed by atoms with E-state index in [0.717, 1.165) is 19.4 Å². The van der Waals surface area contributed by atoms with Crippen LogP contribution in [0.4, 0.5) is 17.1 Å². The number of carbonyl (C=O) groups excluding carboxylic acids is 1. The van der Waals surface area contributed by atoms with E-state index in [-0.39, 0.29) is 23.6 Å². The summed E-state index contributed by atoms with van der Waals surface area (Å²) in [4.78, 5) is 22.2. The van der Waals surface area contributed by atoms with Gasteiger partial charge in [-0.15, -0.1) is 0 Å². The number of fused-ring (bicyclic) bond motifs is 1. The number of hydrogen-bond acceptors (Lipinski definition) is 5. The molecule has 0 spiro atoms. The average molecular weight is 291 g/mol. The minimum absolute atomic E-state index is 0.00755. The highest BCUT2D eigenvalue weighted by Gasteiger charge is 2.31. The molecule has 2 N–H and O–H groups in total. The topological polar surface area (TPSA) is 93.5 Å². The van der Waals surface area contributed by atoms with Gasteiger partial charge in [-0.2, -0.15) is 0 Å². The fraction of sp³-hybridized carbons (Fsp3) is 0.500. The number of nitrogens with zero attached hydrogens (tertiary/aromatic N) is 1. The minimum atomic E-state index is -0.427. The molecule has 1 aromatic carbocycles. The lowest BCUT2D eigenvalue weighted by Gasteiger charge is -2.24. The van der Waals surface area contributed by atoms with Gasteiger partial charge in [0.05, 0.1) is 16.9 Å². The molecular formula is C14H17N3O4. The summed E-state index contributed by atoms with van der Waals surface area (Å²) in [6.45, 7) is 3.22. The predicted molar refractivity (Wildman–Crippen MR) is 77.5 cm³/mol. The Labute approximate surface area is 121 Å². The monoisotopic (exact) mass is 291 g/mol. The highest BCUT2D eigenvalue weighted by atomic mass is 16.6. The maximum Gasteiger partial charge on any atom is 0.292 e. The van der Waals surface area contributed by atoms with Crippen LogP contribution in [-0.2, 0) is 16.0 Å². The van der Waals surface area contributed by atoms with Gasteiger partial charge < -0.3 is 15.4 Å². The second kappa shape index (κ2) is 5.00. The summed E-state index contributed by atoms with van der Waals surface area (Å²) in [5, 5.41) is 17.0. The van der Waals surface area contributed by atoms with E-state index in [1.54, 1.807) is 6.07 Å². The molecule has 2 heterocycles. The predicted octanol–water partition coefficient (Wildman–Crippen LogP) is 2.07. The number of rotatable bonds is 4. The van der Waals surface area contributed by atoms with E-state index in [4.69, 9.17) is 4.74 Å². The third-order valence-corrected chi connectivity index (χ3v) is 4.00. The zero-order valence-corrected chi connectivity index (χ0v) is 11.8. The first-order chi connectivity index (χ1) is 9.97. The zero-order chi connectivity index (χ0) is 15.0. The molecule has 1 unspecified atom stereocenters. The summed E-state index contributed by atoms with van der Waals surface area (Å²) >= 11 is 0. The summed E-state index contributed by atoms with van der Waals surface area (Å²) in [5.41, 5.74) is 1.42. The molecule has 2 aliphatic heterocycles. The van der Waals surface area contributed by atoms with Gasteiger partial charge in [0.15, 0.2) is 0 Å². The molecule has 0 aromatic heterocycles. The quantitative estimate of drug-likeness (QED) is 0.654. The van der Waals surface area contributed by atoms with Crippen LogP contribution in [0, 0.1) is 10.1 Å². The SMILES string of the molecule is CC1(CNc2cc3c(cc2[N+](=O)[O-])CC(=O)N3)CCCO1. The van der Waals surface area contributed by atoms with Crippen molar-refractivity contribution in [3.8, 4) is 0 Å². The number of benzene rings is 1. The van der Waals surface area contributed by atoms with Gasteiger partial charge in [0.25, 0.3) is 5.69 Å². The van der Waals surface area contributed by atoms with Gasteiger partial charge in [0.2, 0.25) is 5.91 Å². The van der Waals surface area contributed by atoms with Crippen LogP contribution in [-0.4, -0.2) is 29.6 Å². The normalized spacial score (nSPS) is 23.8. The number of ether oxygens (including phenoxy) is 1. The average Bonchev–Trinajstić information content (AvgIpc) is 3.00. The Morgan fingerprint density at radius 1 is 1.52 bits per heavy atom. The van der Waals surface area contributed by atoms with Crippen LogP contribution in [0.25, 0.3) is 0 Å². The first-order valence-electron chi connectivity index (χ1n) is 6.96. The molecule has 0 radical (unpaired) electrons. The lowest BCUT2D eigenvalue weighted by atomic mass is 10.0. The summed E-state index contributed by atoms with van der Waals surface area (Å²) < 4.78 is 5.67. The van der Waals surface area contributed by atoms with Crippen molar-refractivity contribution >= 4 is 23.0 Å². The summed E-state index contributed by atoms with van der Waals surface area (Å²) in [6, 6.07) is 3.10. The van der Waals surface area contributed by atoms with Crippen molar-refractivity contribution in [2.24, 2.45) is 0 Å². The van der Waals surface area contributed by atoms with E-state index >= 15 is 0 Å². The van der Waals surface area contributed by atoms with Crippen LogP contribution in [0.2, 0.25) is 0 Å². The van der Waals surface area contributed by atoms with Crippen LogP contribution in [0.3, 0.4) is 0 Å². The highest BCUT2D eigenvalue weighted by Crippen LogP contribution is 2.35. The molecule has 2 aliphatic rings. The van der Waals surface area contributed by atoms with Crippen molar-refractivity contribution in [3.63, 3.8) is 0 Å². The van der Waals surface area contributed by atoms with Gasteiger partial charge in [-0.05, 0) is 31.4 Å². The first kappa shape index (κ1) is 13.8. The molecule has 7 nitrogen and oxygen atoms in total. The van der Waals surface area contributed by atoms with Crippen LogP contribution in [0.15, 0.2) is 12.1 Å². The molecule has 1 aromatic rings. The molecule has 1 saturated heterocycles. The molecule has 7 heteroatoms. The van der Waals surface area contributed by atoms with Gasteiger partial charge in [-0.3, -0.25) is 14.9 Å². The molecule has 1 amide bonds. The number of amides is 1. The second-order valence-electron chi connectivity index (χ2n) is 5.76. The fourth-order valence-corrected chi connectivity index (χ4v) is 2.81. The van der Waals surface area contributed by atoms with Crippen LogP contribution in [0.1, 0.15) is 25.3 Å². The van der Waals surface area contributed by atoms with Crippen LogP contribution < -0.4 is 10.6 Å². The Kier molecular flexibility index (Phi) is 3.29.